The Hall–Kier alpha value is -2.64. The van der Waals surface area contributed by atoms with Crippen molar-refractivity contribution in [3.8, 4) is 0 Å². The smallest absolute Gasteiger partial charge is 0.305 e. The van der Waals surface area contributed by atoms with Gasteiger partial charge in [0.1, 0.15) is 24.4 Å². The van der Waals surface area contributed by atoms with Crippen LogP contribution in [0.25, 0.3) is 0 Å². The molecule has 0 saturated carbocycles. The number of hydrogen-bond acceptors (Lipinski definition) is 10. The molecule has 0 aliphatic carbocycles. The van der Waals surface area contributed by atoms with Gasteiger partial charge in [-0.3, -0.25) is 9.59 Å². The maximum Gasteiger partial charge on any atom is 0.305 e. The molecule has 7 unspecified atom stereocenters. The van der Waals surface area contributed by atoms with Crippen LogP contribution in [0.2, 0.25) is 0 Å². The Morgan fingerprint density at radius 2 is 1.03 bits per heavy atom. The van der Waals surface area contributed by atoms with Crippen molar-refractivity contribution in [3.05, 3.63) is 60.8 Å². The summed E-state index contributed by atoms with van der Waals surface area (Å²) in [4.78, 5) is 25.0. The Balaban J connectivity index is 2.16. The second-order valence-corrected chi connectivity index (χ2v) is 18.2. The number of rotatable bonds is 44. The Bertz CT molecular complexity index is 1280. The lowest BCUT2D eigenvalue weighted by molar-refractivity contribution is -0.302. The molecule has 1 rings (SSSR count). The van der Waals surface area contributed by atoms with E-state index >= 15 is 0 Å². The van der Waals surface area contributed by atoms with Gasteiger partial charge in [-0.25, -0.2) is 0 Å². The molecule has 0 aromatic rings. The van der Waals surface area contributed by atoms with Crippen molar-refractivity contribution in [2.45, 2.75) is 256 Å². The summed E-state index contributed by atoms with van der Waals surface area (Å²) in [7, 11) is 0. The lowest BCUT2D eigenvalue weighted by Gasteiger charge is -2.40. The molecule has 1 heterocycles. The van der Waals surface area contributed by atoms with Gasteiger partial charge in [0.25, 0.3) is 0 Å². The molecule has 0 spiro atoms. The lowest BCUT2D eigenvalue weighted by atomic mass is 9.99. The maximum atomic E-state index is 12.9. The van der Waals surface area contributed by atoms with Gasteiger partial charge >= 0.3 is 5.97 Å². The van der Waals surface area contributed by atoms with E-state index < -0.39 is 49.5 Å². The number of allylic oxidation sites excluding steroid dienone is 9. The summed E-state index contributed by atoms with van der Waals surface area (Å²) in [6.07, 6.45) is 46.1. The zero-order valence-electron chi connectivity index (χ0n) is 41.6. The van der Waals surface area contributed by atoms with E-state index in [-0.39, 0.29) is 24.9 Å². The zero-order chi connectivity index (χ0) is 48.1. The fourth-order valence-corrected chi connectivity index (χ4v) is 7.81. The van der Waals surface area contributed by atoms with Crippen LogP contribution in [0.4, 0.5) is 0 Å². The summed E-state index contributed by atoms with van der Waals surface area (Å²) in [5.74, 6) is -0.322. The van der Waals surface area contributed by atoms with Crippen LogP contribution in [0, 0.1) is 0 Å². The highest BCUT2D eigenvalue weighted by atomic mass is 16.7. The van der Waals surface area contributed by atoms with E-state index in [1.807, 2.05) is 18.2 Å². The minimum Gasteiger partial charge on any atom is -0.466 e. The number of hydrogen-bond donors (Lipinski definition) is 6. The van der Waals surface area contributed by atoms with Crippen molar-refractivity contribution >= 4 is 11.9 Å². The number of carbonyl (C=O) groups is 2. The summed E-state index contributed by atoms with van der Waals surface area (Å²) in [5, 5.41) is 54.0. The second kappa shape index (κ2) is 44.8. The number of aliphatic hydroxyl groups is 5. The molecular formula is C55H97NO10. The van der Waals surface area contributed by atoms with E-state index in [4.69, 9.17) is 14.2 Å². The molecule has 0 radical (unpaired) electrons. The molecular weight excluding hydrogens is 835 g/mol. The Kier molecular flexibility index (Phi) is 41.7. The van der Waals surface area contributed by atoms with Crippen LogP contribution in [-0.2, 0) is 23.8 Å². The maximum absolute atomic E-state index is 12.9. The largest absolute Gasteiger partial charge is 0.466 e. The standard InChI is InChI=1S/C55H97NO10/c1-3-5-7-9-11-13-14-15-16-17-20-23-27-31-35-39-43-51(60)64-44-40-36-32-28-24-21-18-19-22-26-30-34-38-42-50(59)56-47(48(58)41-37-33-29-25-12-10-8-6-4-2)46-65-55-54(63)53(62)52(61)49(45-57)66-55/h13-14,16-17,19,22,30,34,37,41,47-49,52-55,57-58,61-63H,3-12,15,18,20-21,23-29,31-33,35-36,38-40,42-46H2,1-2H3,(H,56,59)/b14-13-,17-16-,22-19-,34-30-,41-37+. The molecule has 11 nitrogen and oxygen atoms in total. The first kappa shape index (κ1) is 61.4. The monoisotopic (exact) mass is 932 g/mol. The van der Waals surface area contributed by atoms with Crippen molar-refractivity contribution in [2.75, 3.05) is 19.8 Å². The Labute approximate surface area is 401 Å². The number of ether oxygens (including phenoxy) is 3. The molecule has 0 aromatic carbocycles. The Morgan fingerprint density at radius 1 is 0.561 bits per heavy atom. The minimum absolute atomic E-state index is 0.0542. The van der Waals surface area contributed by atoms with E-state index in [0.717, 1.165) is 83.5 Å². The quantitative estimate of drug-likeness (QED) is 0.0196. The molecule has 1 aliphatic rings. The van der Waals surface area contributed by atoms with Gasteiger partial charge in [0.2, 0.25) is 5.91 Å². The molecule has 7 atom stereocenters. The van der Waals surface area contributed by atoms with Gasteiger partial charge in [0.05, 0.1) is 32.0 Å². The molecule has 1 fully saturated rings. The van der Waals surface area contributed by atoms with Crippen LogP contribution < -0.4 is 5.32 Å². The summed E-state index contributed by atoms with van der Waals surface area (Å²) in [6.45, 7) is 4.17. The third-order valence-electron chi connectivity index (χ3n) is 12.1. The first-order valence-corrected chi connectivity index (χ1v) is 26.6. The van der Waals surface area contributed by atoms with Crippen LogP contribution in [0.5, 0.6) is 0 Å². The lowest BCUT2D eigenvalue weighted by Crippen LogP contribution is -2.60. The van der Waals surface area contributed by atoms with Gasteiger partial charge < -0.3 is 45.1 Å². The molecule has 0 bridgehead atoms. The number of nitrogens with one attached hydrogen (secondary N) is 1. The van der Waals surface area contributed by atoms with Crippen LogP contribution >= 0.6 is 0 Å². The van der Waals surface area contributed by atoms with Crippen molar-refractivity contribution in [1.29, 1.82) is 0 Å². The normalized spacial score (nSPS) is 20.1. The summed E-state index contributed by atoms with van der Waals surface area (Å²) in [6, 6.07) is -0.854. The zero-order valence-corrected chi connectivity index (χ0v) is 41.6. The van der Waals surface area contributed by atoms with Gasteiger partial charge in [0.15, 0.2) is 6.29 Å². The fourth-order valence-electron chi connectivity index (χ4n) is 7.81. The van der Waals surface area contributed by atoms with Crippen molar-refractivity contribution in [3.63, 3.8) is 0 Å². The molecule has 1 aliphatic heterocycles. The van der Waals surface area contributed by atoms with Crippen LogP contribution in [0.15, 0.2) is 60.8 Å². The van der Waals surface area contributed by atoms with E-state index in [9.17, 15) is 35.1 Å². The molecule has 382 valence electrons. The summed E-state index contributed by atoms with van der Waals surface area (Å²) >= 11 is 0. The van der Waals surface area contributed by atoms with E-state index in [1.165, 1.54) is 96.3 Å². The Morgan fingerprint density at radius 3 is 1.58 bits per heavy atom. The number of carbonyl (C=O) groups excluding carboxylic acids is 2. The minimum atomic E-state index is -1.59. The first-order valence-electron chi connectivity index (χ1n) is 26.6. The number of esters is 1. The summed E-state index contributed by atoms with van der Waals surface area (Å²) in [5.41, 5.74) is 0. The van der Waals surface area contributed by atoms with Gasteiger partial charge in [-0.15, -0.1) is 0 Å². The van der Waals surface area contributed by atoms with Gasteiger partial charge in [-0.1, -0.05) is 177 Å². The van der Waals surface area contributed by atoms with E-state index in [2.05, 4.69) is 55.6 Å². The molecule has 6 N–H and O–H groups in total. The average molecular weight is 932 g/mol. The predicted octanol–water partition coefficient (Wildman–Crippen LogP) is 11.1. The second-order valence-electron chi connectivity index (χ2n) is 18.2. The highest BCUT2D eigenvalue weighted by molar-refractivity contribution is 5.76. The van der Waals surface area contributed by atoms with Gasteiger partial charge in [-0.2, -0.15) is 0 Å². The highest BCUT2D eigenvalue weighted by Gasteiger charge is 2.44. The number of amides is 1. The van der Waals surface area contributed by atoms with Crippen molar-refractivity contribution < 1.29 is 49.3 Å². The fraction of sp³-hybridized carbons (Fsp3) is 0.782. The number of aliphatic hydroxyl groups excluding tert-OH is 5. The van der Waals surface area contributed by atoms with Crippen molar-refractivity contribution in [1.82, 2.24) is 5.32 Å². The molecule has 11 heteroatoms. The predicted molar refractivity (Wildman–Crippen MR) is 269 cm³/mol. The number of unbranched alkanes of at least 4 members (excludes halogenated alkanes) is 22. The molecule has 0 aromatic heterocycles. The first-order chi connectivity index (χ1) is 32.2. The third kappa shape index (κ3) is 34.6. The van der Waals surface area contributed by atoms with Crippen molar-refractivity contribution in [2.24, 2.45) is 0 Å². The average Bonchev–Trinajstić information content (AvgIpc) is 3.31. The van der Waals surface area contributed by atoms with Crippen LogP contribution in [0.3, 0.4) is 0 Å². The van der Waals surface area contributed by atoms with Crippen LogP contribution in [0.1, 0.15) is 213 Å². The topological polar surface area (TPSA) is 175 Å². The summed E-state index contributed by atoms with van der Waals surface area (Å²) < 4.78 is 16.6. The SMILES string of the molecule is CCCCCC/C=C\C/C=C\CCCCCCCC(=O)OCCCCCCCC/C=C\C/C=C\CCC(=O)NC(COC1OC(CO)C(O)C(O)C1O)C(O)/C=C/CCCCCCCCC. The van der Waals surface area contributed by atoms with Crippen LogP contribution in [-0.4, -0.2) is 100 Å². The molecule has 66 heavy (non-hydrogen) atoms. The van der Waals surface area contributed by atoms with Gasteiger partial charge in [0, 0.05) is 12.8 Å². The molecule has 1 amide bonds. The highest BCUT2D eigenvalue weighted by Crippen LogP contribution is 2.22. The van der Waals surface area contributed by atoms with E-state index in [1.54, 1.807) is 6.08 Å². The molecule has 1 saturated heterocycles. The third-order valence-corrected chi connectivity index (χ3v) is 12.1. The van der Waals surface area contributed by atoms with Gasteiger partial charge in [-0.05, 0) is 83.5 Å². The van der Waals surface area contributed by atoms with E-state index in [0.29, 0.717) is 19.4 Å².